The van der Waals surface area contributed by atoms with Crippen molar-refractivity contribution >= 4 is 23.5 Å². The Balaban J connectivity index is 1.56. The number of hydrogen-bond donors (Lipinski definition) is 2. The van der Waals surface area contributed by atoms with E-state index in [2.05, 4.69) is 21.6 Å². The summed E-state index contributed by atoms with van der Waals surface area (Å²) in [7, 11) is 0. The molecule has 11 heteroatoms. The molecule has 0 atom stereocenters. The van der Waals surface area contributed by atoms with Crippen LogP contribution in [0, 0.1) is 37.9 Å². The van der Waals surface area contributed by atoms with Crippen LogP contribution in [-0.4, -0.2) is 31.1 Å². The number of nitriles is 1. The first-order chi connectivity index (χ1) is 15.8. The van der Waals surface area contributed by atoms with Crippen LogP contribution in [0.1, 0.15) is 22.6 Å². The van der Waals surface area contributed by atoms with E-state index >= 15 is 0 Å². The number of nitrogen functional groups attached to an aromatic ring is 1. The van der Waals surface area contributed by atoms with E-state index in [0.717, 1.165) is 17.5 Å². The molecular weight excluding hydrogens is 445 g/mol. The van der Waals surface area contributed by atoms with Crippen molar-refractivity contribution in [2.24, 2.45) is 0 Å². The average molecular weight is 466 g/mol. The van der Waals surface area contributed by atoms with E-state index in [0.29, 0.717) is 39.1 Å². The first-order valence-electron chi connectivity index (χ1n) is 9.87. The number of nitrogens with zero attached hydrogens (tertiary/aromatic N) is 5. The largest absolute Gasteiger partial charge is 0.469 e. The van der Waals surface area contributed by atoms with Gasteiger partial charge in [-0.2, -0.15) is 5.26 Å². The highest BCUT2D eigenvalue weighted by atomic mass is 32.2. The number of carbonyl (C=O) groups is 1. The highest BCUT2D eigenvalue weighted by Crippen LogP contribution is 2.31. The molecule has 0 bridgehead atoms. The number of nitrogens with one attached hydrogen (secondary N) is 1. The van der Waals surface area contributed by atoms with Gasteiger partial charge in [-0.05, 0) is 50.6 Å². The molecule has 4 rings (SSSR count). The minimum Gasteiger partial charge on any atom is -0.469 e. The zero-order chi connectivity index (χ0) is 23.7. The van der Waals surface area contributed by atoms with Crippen LogP contribution in [0.15, 0.2) is 46.2 Å². The molecule has 0 radical (unpaired) electrons. The molecule has 4 aromatic rings. The van der Waals surface area contributed by atoms with E-state index < -0.39 is 5.82 Å². The van der Waals surface area contributed by atoms with Crippen LogP contribution >= 0.6 is 11.8 Å². The Bertz CT molecular complexity index is 1400. The second-order valence-electron chi connectivity index (χ2n) is 7.26. The van der Waals surface area contributed by atoms with Gasteiger partial charge in [-0.25, -0.2) is 9.07 Å². The normalized spacial score (nSPS) is 10.9. The van der Waals surface area contributed by atoms with E-state index in [1.54, 1.807) is 36.6 Å². The third kappa shape index (κ3) is 4.08. The Labute approximate surface area is 193 Å². The summed E-state index contributed by atoms with van der Waals surface area (Å²) < 4.78 is 22.1. The van der Waals surface area contributed by atoms with E-state index in [-0.39, 0.29) is 17.5 Å². The van der Waals surface area contributed by atoms with Gasteiger partial charge in [0, 0.05) is 5.69 Å². The second-order valence-corrected chi connectivity index (χ2v) is 8.21. The standard InChI is InChI=1S/C22H20FN7O2S/c1-12-13(2)29(16-6-4-5-15(23)9-16)20(18(12)10-24)26-19(31)11-33-22-28-27-21(30(22)25)17-7-8-32-14(17)3/h4-9H,11,25H2,1-3H3,(H,26,31). The quantitative estimate of drug-likeness (QED) is 0.328. The average Bonchev–Trinajstić information content (AvgIpc) is 3.43. The summed E-state index contributed by atoms with van der Waals surface area (Å²) in [5.74, 6) is 6.62. The summed E-state index contributed by atoms with van der Waals surface area (Å²) in [5.41, 5.74) is 2.95. The number of aryl methyl sites for hydroxylation is 1. The van der Waals surface area contributed by atoms with Gasteiger partial charge >= 0.3 is 0 Å². The van der Waals surface area contributed by atoms with Gasteiger partial charge in [-0.15, -0.1) is 10.2 Å². The van der Waals surface area contributed by atoms with Crippen LogP contribution in [0.25, 0.3) is 17.1 Å². The van der Waals surface area contributed by atoms with Crippen molar-refractivity contribution in [3.63, 3.8) is 0 Å². The van der Waals surface area contributed by atoms with Gasteiger partial charge < -0.3 is 15.6 Å². The number of furan rings is 1. The number of hydrogen-bond acceptors (Lipinski definition) is 7. The molecule has 3 heterocycles. The van der Waals surface area contributed by atoms with E-state index in [1.807, 2.05) is 6.92 Å². The molecule has 3 aromatic heterocycles. The van der Waals surface area contributed by atoms with Crippen molar-refractivity contribution in [3.05, 3.63) is 65.0 Å². The number of aromatic nitrogens is 4. The molecule has 0 aliphatic heterocycles. The van der Waals surface area contributed by atoms with Crippen molar-refractivity contribution in [3.8, 4) is 23.1 Å². The van der Waals surface area contributed by atoms with Gasteiger partial charge in [0.05, 0.1) is 28.8 Å². The lowest BCUT2D eigenvalue weighted by Crippen LogP contribution is -2.19. The number of nitrogens with two attached hydrogens (primary N) is 1. The molecular formula is C22H20FN7O2S. The molecule has 0 saturated carbocycles. The molecule has 168 valence electrons. The lowest BCUT2D eigenvalue weighted by atomic mass is 10.2. The van der Waals surface area contributed by atoms with Gasteiger partial charge in [-0.1, -0.05) is 17.8 Å². The molecule has 33 heavy (non-hydrogen) atoms. The number of rotatable bonds is 6. The maximum atomic E-state index is 13.8. The minimum absolute atomic E-state index is 0.0308. The first-order valence-corrected chi connectivity index (χ1v) is 10.9. The smallest absolute Gasteiger partial charge is 0.236 e. The predicted molar refractivity (Wildman–Crippen MR) is 122 cm³/mol. The monoisotopic (exact) mass is 465 g/mol. The number of halogens is 1. The van der Waals surface area contributed by atoms with Gasteiger partial charge in [-0.3, -0.25) is 9.36 Å². The van der Waals surface area contributed by atoms with Gasteiger partial charge in [0.15, 0.2) is 5.82 Å². The third-order valence-electron chi connectivity index (χ3n) is 5.25. The Morgan fingerprint density at radius 2 is 2.09 bits per heavy atom. The Morgan fingerprint density at radius 3 is 2.76 bits per heavy atom. The summed E-state index contributed by atoms with van der Waals surface area (Å²) in [6.45, 7) is 5.38. The molecule has 3 N–H and O–H groups in total. The fourth-order valence-corrected chi connectivity index (χ4v) is 4.13. The van der Waals surface area contributed by atoms with Crippen LogP contribution < -0.4 is 11.2 Å². The molecule has 0 unspecified atom stereocenters. The zero-order valence-electron chi connectivity index (χ0n) is 18.1. The molecule has 0 fully saturated rings. The molecule has 9 nitrogen and oxygen atoms in total. The van der Waals surface area contributed by atoms with Crippen LogP contribution in [0.5, 0.6) is 0 Å². The highest BCUT2D eigenvalue weighted by Gasteiger charge is 2.22. The summed E-state index contributed by atoms with van der Waals surface area (Å²) in [5, 5.41) is 20.9. The number of anilines is 1. The lowest BCUT2D eigenvalue weighted by molar-refractivity contribution is -0.113. The van der Waals surface area contributed by atoms with E-state index in [9.17, 15) is 14.4 Å². The molecule has 0 aliphatic carbocycles. The number of amides is 1. The predicted octanol–water partition coefficient (Wildman–Crippen LogP) is 3.71. The Morgan fingerprint density at radius 1 is 1.30 bits per heavy atom. The van der Waals surface area contributed by atoms with Crippen LogP contribution in [0.2, 0.25) is 0 Å². The summed E-state index contributed by atoms with van der Waals surface area (Å²) in [6.07, 6.45) is 1.53. The van der Waals surface area contributed by atoms with E-state index in [1.165, 1.54) is 23.1 Å². The SMILES string of the molecule is Cc1occc1-c1nnc(SCC(=O)Nc2c(C#N)c(C)c(C)n2-c2cccc(F)c2)n1N. The van der Waals surface area contributed by atoms with Gasteiger partial charge in [0.2, 0.25) is 11.1 Å². The zero-order valence-corrected chi connectivity index (χ0v) is 18.9. The number of benzene rings is 1. The topological polar surface area (TPSA) is 128 Å². The maximum absolute atomic E-state index is 13.8. The molecule has 0 saturated heterocycles. The summed E-state index contributed by atoms with van der Waals surface area (Å²) in [4.78, 5) is 12.8. The molecule has 1 amide bonds. The van der Waals surface area contributed by atoms with Crippen molar-refractivity contribution < 1.29 is 13.6 Å². The fraction of sp³-hybridized carbons (Fsp3) is 0.182. The fourth-order valence-electron chi connectivity index (χ4n) is 3.47. The summed E-state index contributed by atoms with van der Waals surface area (Å²) in [6, 6.07) is 9.81. The number of carbonyl (C=O) groups excluding carboxylic acids is 1. The molecule has 0 aliphatic rings. The van der Waals surface area contributed by atoms with Gasteiger partial charge in [0.25, 0.3) is 0 Å². The summed E-state index contributed by atoms with van der Waals surface area (Å²) >= 11 is 1.10. The van der Waals surface area contributed by atoms with Crippen molar-refractivity contribution in [2.45, 2.75) is 25.9 Å². The minimum atomic E-state index is -0.421. The third-order valence-corrected chi connectivity index (χ3v) is 6.19. The molecule has 0 spiro atoms. The number of thioether (sulfide) groups is 1. The van der Waals surface area contributed by atoms with Crippen molar-refractivity contribution in [1.29, 1.82) is 5.26 Å². The second kappa shape index (κ2) is 8.84. The first kappa shape index (κ1) is 22.2. The van der Waals surface area contributed by atoms with Crippen molar-refractivity contribution in [1.82, 2.24) is 19.4 Å². The van der Waals surface area contributed by atoms with E-state index in [4.69, 9.17) is 10.3 Å². The van der Waals surface area contributed by atoms with Crippen LogP contribution in [0.3, 0.4) is 0 Å². The lowest BCUT2D eigenvalue weighted by Gasteiger charge is -2.13. The highest BCUT2D eigenvalue weighted by molar-refractivity contribution is 7.99. The Hall–Kier alpha value is -4.04. The van der Waals surface area contributed by atoms with Crippen molar-refractivity contribution in [2.75, 3.05) is 16.9 Å². The van der Waals surface area contributed by atoms with Crippen LogP contribution in [-0.2, 0) is 4.79 Å². The maximum Gasteiger partial charge on any atom is 0.236 e. The molecule has 1 aromatic carbocycles. The van der Waals surface area contributed by atoms with Crippen LogP contribution in [0.4, 0.5) is 10.2 Å². The van der Waals surface area contributed by atoms with Gasteiger partial charge in [0.1, 0.15) is 23.5 Å². The Kier molecular flexibility index (Phi) is 5.93.